The van der Waals surface area contributed by atoms with Gasteiger partial charge in [-0.2, -0.15) is 0 Å². The molecule has 1 aliphatic rings. The van der Waals surface area contributed by atoms with Crippen LogP contribution in [0.2, 0.25) is 0 Å². The molecule has 1 fully saturated rings. The quantitative estimate of drug-likeness (QED) is 0.921. The van der Waals surface area contributed by atoms with Crippen LogP contribution in [0.5, 0.6) is 0 Å². The molecule has 2 atom stereocenters. The smallest absolute Gasteiger partial charge is 0.186 e. The van der Waals surface area contributed by atoms with Gasteiger partial charge in [0, 0.05) is 24.0 Å². The molecule has 0 spiro atoms. The van der Waals surface area contributed by atoms with Crippen LogP contribution in [0.15, 0.2) is 0 Å². The van der Waals surface area contributed by atoms with Gasteiger partial charge in [-0.25, -0.2) is 4.98 Å². The van der Waals surface area contributed by atoms with Crippen LogP contribution in [0.4, 0.5) is 5.13 Å². The van der Waals surface area contributed by atoms with Crippen LogP contribution >= 0.6 is 11.3 Å². The molecule has 2 unspecified atom stereocenters. The highest BCUT2D eigenvalue weighted by atomic mass is 32.1. The average molecular weight is 283 g/mol. The topological polar surface area (TPSA) is 37.4 Å². The van der Waals surface area contributed by atoms with Gasteiger partial charge in [0.2, 0.25) is 0 Å². The molecule has 2 rings (SSSR count). The Morgan fingerprint density at radius 1 is 1.47 bits per heavy atom. The zero-order chi connectivity index (χ0) is 14.0. The minimum Gasteiger partial charge on any atom is -0.375 e. The van der Waals surface area contributed by atoms with Crippen molar-refractivity contribution in [2.24, 2.45) is 0 Å². The van der Waals surface area contributed by atoms with Gasteiger partial charge in [-0.15, -0.1) is 11.3 Å². The van der Waals surface area contributed by atoms with Gasteiger partial charge in [0.1, 0.15) is 0 Å². The number of anilines is 1. The molecule has 0 bridgehead atoms. The molecule has 1 N–H and O–H groups in total. The third-order valence-electron chi connectivity index (χ3n) is 3.41. The van der Waals surface area contributed by atoms with Crippen molar-refractivity contribution < 1.29 is 4.74 Å². The van der Waals surface area contributed by atoms with Crippen molar-refractivity contribution in [3.63, 3.8) is 0 Å². The number of ether oxygens (including phenoxy) is 1. The van der Waals surface area contributed by atoms with Crippen molar-refractivity contribution in [2.45, 2.75) is 59.4 Å². The van der Waals surface area contributed by atoms with Crippen molar-refractivity contribution in [1.29, 1.82) is 0 Å². The summed E-state index contributed by atoms with van der Waals surface area (Å²) in [5.41, 5.74) is 1.15. The molecule has 1 aromatic heterocycles. The molecule has 0 saturated carbocycles. The Morgan fingerprint density at radius 3 is 2.89 bits per heavy atom. The Kier molecular flexibility index (Phi) is 4.81. The lowest BCUT2D eigenvalue weighted by Gasteiger charge is -2.36. The standard InChI is InChI=1S/C14H25N3OS/c1-9(2)15-6-13-12(5)16-14(19-13)17-7-11(4)18-8-10(17)3/h9-11,15H,6-8H2,1-5H3. The summed E-state index contributed by atoms with van der Waals surface area (Å²) in [4.78, 5) is 8.47. The predicted octanol–water partition coefficient (Wildman–Crippen LogP) is 2.56. The molecule has 108 valence electrons. The fraction of sp³-hybridized carbons (Fsp3) is 0.786. The maximum Gasteiger partial charge on any atom is 0.186 e. The lowest BCUT2D eigenvalue weighted by Crippen LogP contribution is -2.47. The highest BCUT2D eigenvalue weighted by Crippen LogP contribution is 2.29. The first-order chi connectivity index (χ1) is 8.97. The molecule has 19 heavy (non-hydrogen) atoms. The molecule has 5 heteroatoms. The first-order valence-electron chi connectivity index (χ1n) is 7.05. The maximum absolute atomic E-state index is 5.68. The SMILES string of the molecule is Cc1nc(N2CC(C)OCC2C)sc1CNC(C)C. The molecule has 0 radical (unpaired) electrons. The molecule has 1 aliphatic heterocycles. The van der Waals surface area contributed by atoms with Crippen LogP contribution < -0.4 is 10.2 Å². The second-order valence-corrected chi connectivity index (χ2v) is 6.75. The van der Waals surface area contributed by atoms with Gasteiger partial charge < -0.3 is 15.0 Å². The van der Waals surface area contributed by atoms with Gasteiger partial charge in [-0.3, -0.25) is 0 Å². The molecular weight excluding hydrogens is 258 g/mol. The monoisotopic (exact) mass is 283 g/mol. The summed E-state index contributed by atoms with van der Waals surface area (Å²) in [5.74, 6) is 0. The zero-order valence-electron chi connectivity index (χ0n) is 12.6. The Labute approximate surface area is 120 Å². The van der Waals surface area contributed by atoms with E-state index in [1.54, 1.807) is 0 Å². The second-order valence-electron chi connectivity index (χ2n) is 5.69. The number of rotatable bonds is 4. The fourth-order valence-corrected chi connectivity index (χ4v) is 3.29. The summed E-state index contributed by atoms with van der Waals surface area (Å²) in [6, 6.07) is 0.917. The maximum atomic E-state index is 5.68. The molecule has 4 nitrogen and oxygen atoms in total. The minimum atomic E-state index is 0.289. The first kappa shape index (κ1) is 14.8. The van der Waals surface area contributed by atoms with Gasteiger partial charge in [-0.05, 0) is 20.8 Å². The van der Waals surface area contributed by atoms with Crippen molar-refractivity contribution in [1.82, 2.24) is 10.3 Å². The van der Waals surface area contributed by atoms with Gasteiger partial charge >= 0.3 is 0 Å². The number of hydrogen-bond acceptors (Lipinski definition) is 5. The Hall–Kier alpha value is -0.650. The lowest BCUT2D eigenvalue weighted by atomic mass is 10.2. The van der Waals surface area contributed by atoms with Crippen LogP contribution in [0.25, 0.3) is 0 Å². The highest BCUT2D eigenvalue weighted by Gasteiger charge is 2.26. The van der Waals surface area contributed by atoms with Crippen LogP contribution in [0, 0.1) is 6.92 Å². The number of thiazole rings is 1. The summed E-state index contributed by atoms with van der Waals surface area (Å²) in [7, 11) is 0. The molecule has 1 saturated heterocycles. The zero-order valence-corrected chi connectivity index (χ0v) is 13.4. The third-order valence-corrected chi connectivity index (χ3v) is 4.60. The average Bonchev–Trinajstić information content (AvgIpc) is 2.71. The van der Waals surface area contributed by atoms with Gasteiger partial charge in [0.05, 0.1) is 24.4 Å². The number of aromatic nitrogens is 1. The van der Waals surface area contributed by atoms with E-state index in [9.17, 15) is 0 Å². The van der Waals surface area contributed by atoms with Gasteiger partial charge in [-0.1, -0.05) is 13.8 Å². The van der Waals surface area contributed by atoms with E-state index < -0.39 is 0 Å². The first-order valence-corrected chi connectivity index (χ1v) is 7.87. The third kappa shape index (κ3) is 3.68. The van der Waals surface area contributed by atoms with E-state index in [0.29, 0.717) is 12.1 Å². The van der Waals surface area contributed by atoms with Crippen LogP contribution in [-0.4, -0.2) is 36.3 Å². The van der Waals surface area contributed by atoms with Gasteiger partial charge in [0.15, 0.2) is 5.13 Å². The number of morpholine rings is 1. The van der Waals surface area contributed by atoms with Crippen LogP contribution in [0.3, 0.4) is 0 Å². The highest BCUT2D eigenvalue weighted by molar-refractivity contribution is 7.15. The fourth-order valence-electron chi connectivity index (χ4n) is 2.17. The van der Waals surface area contributed by atoms with Crippen molar-refractivity contribution >= 4 is 16.5 Å². The van der Waals surface area contributed by atoms with Crippen molar-refractivity contribution in [2.75, 3.05) is 18.1 Å². The van der Waals surface area contributed by atoms with E-state index in [0.717, 1.165) is 30.5 Å². The van der Waals surface area contributed by atoms with E-state index in [2.05, 4.69) is 44.8 Å². The molecular formula is C14H25N3OS. The molecule has 0 aromatic carbocycles. The molecule has 0 aliphatic carbocycles. The van der Waals surface area contributed by atoms with E-state index in [-0.39, 0.29) is 6.10 Å². The largest absolute Gasteiger partial charge is 0.375 e. The number of aryl methyl sites for hydroxylation is 1. The molecule has 1 aromatic rings. The molecule has 0 amide bonds. The number of nitrogens with zero attached hydrogens (tertiary/aromatic N) is 2. The molecule has 2 heterocycles. The van der Waals surface area contributed by atoms with Crippen LogP contribution in [-0.2, 0) is 11.3 Å². The van der Waals surface area contributed by atoms with E-state index in [4.69, 9.17) is 9.72 Å². The van der Waals surface area contributed by atoms with Crippen LogP contribution in [0.1, 0.15) is 38.3 Å². The predicted molar refractivity (Wildman–Crippen MR) is 81.0 cm³/mol. The summed E-state index contributed by atoms with van der Waals surface area (Å²) in [5, 5.41) is 4.61. The Morgan fingerprint density at radius 2 is 2.21 bits per heavy atom. The lowest BCUT2D eigenvalue weighted by molar-refractivity contribution is 0.0343. The summed E-state index contributed by atoms with van der Waals surface area (Å²) in [6.45, 7) is 13.4. The minimum absolute atomic E-state index is 0.289. The number of nitrogens with one attached hydrogen (secondary N) is 1. The summed E-state index contributed by atoms with van der Waals surface area (Å²) < 4.78 is 5.68. The summed E-state index contributed by atoms with van der Waals surface area (Å²) >= 11 is 1.81. The van der Waals surface area contributed by atoms with Crippen molar-refractivity contribution in [3.05, 3.63) is 10.6 Å². The van der Waals surface area contributed by atoms with E-state index in [1.165, 1.54) is 4.88 Å². The normalized spacial score (nSPS) is 24.2. The van der Waals surface area contributed by atoms with E-state index >= 15 is 0 Å². The summed E-state index contributed by atoms with van der Waals surface area (Å²) in [6.07, 6.45) is 0.289. The van der Waals surface area contributed by atoms with Crippen molar-refractivity contribution in [3.8, 4) is 0 Å². The van der Waals surface area contributed by atoms with E-state index in [1.807, 2.05) is 11.3 Å². The second kappa shape index (κ2) is 6.20. The van der Waals surface area contributed by atoms with Gasteiger partial charge in [0.25, 0.3) is 0 Å². The number of hydrogen-bond donors (Lipinski definition) is 1. The Bertz CT molecular complexity index is 419. The Balaban J connectivity index is 2.09.